The minimum atomic E-state index is -1.57. The van der Waals surface area contributed by atoms with Crippen molar-refractivity contribution in [2.75, 3.05) is 46.3 Å². The first-order valence-electron chi connectivity index (χ1n) is 6.24. The van der Waals surface area contributed by atoms with Gasteiger partial charge in [0.25, 0.3) is 0 Å². The van der Waals surface area contributed by atoms with Gasteiger partial charge in [0.05, 0.1) is 0 Å². The van der Waals surface area contributed by atoms with Crippen molar-refractivity contribution in [2.45, 2.75) is 5.60 Å². The summed E-state index contributed by atoms with van der Waals surface area (Å²) in [6.45, 7) is 3.04. The second-order valence-electron chi connectivity index (χ2n) is 5.04. The predicted octanol–water partition coefficient (Wildman–Crippen LogP) is -0.0350. The Balaban J connectivity index is 0.00000200. The number of likely N-dealkylation sites (N-methyl/N-ethyl adjacent to an activating group) is 1. The molecule has 1 saturated heterocycles. The summed E-state index contributed by atoms with van der Waals surface area (Å²) in [6, 6.07) is 0. The Hall–Kier alpha value is -0.930. The number of halogens is 2. The number of imidazole rings is 1. The fourth-order valence-electron chi connectivity index (χ4n) is 2.31. The van der Waals surface area contributed by atoms with E-state index >= 15 is 0 Å². The highest BCUT2D eigenvalue weighted by Gasteiger charge is 2.40. The van der Waals surface area contributed by atoms with Gasteiger partial charge in [-0.2, -0.15) is 0 Å². The summed E-state index contributed by atoms with van der Waals surface area (Å²) in [6.07, 6.45) is 3.05. The molecule has 2 N–H and O–H groups in total. The number of hydrogen-bond donors (Lipinski definition) is 2. The lowest BCUT2D eigenvalue weighted by Crippen LogP contribution is -2.52. The zero-order chi connectivity index (χ0) is 13.9. The fourth-order valence-corrected chi connectivity index (χ4v) is 2.31. The van der Waals surface area contributed by atoms with E-state index in [2.05, 4.69) is 14.9 Å². The molecule has 0 aromatic carbocycles. The highest BCUT2D eigenvalue weighted by atomic mass is 35.5. The quantitative estimate of drug-likeness (QED) is 0.576. The molecule has 122 valence electrons. The Morgan fingerprint density at radius 1 is 1.43 bits per heavy atom. The van der Waals surface area contributed by atoms with E-state index in [-0.39, 0.29) is 37.2 Å². The maximum absolute atomic E-state index is 10.8. The van der Waals surface area contributed by atoms with Crippen LogP contribution in [0.5, 0.6) is 0 Å². The molecule has 1 fully saturated rings. The zero-order valence-electron chi connectivity index (χ0n) is 11.8. The topological polar surface area (TPSA) is 98.5 Å². The van der Waals surface area contributed by atoms with Gasteiger partial charge >= 0.3 is 0 Å². The molecule has 1 aliphatic rings. The van der Waals surface area contributed by atoms with Crippen molar-refractivity contribution in [3.63, 3.8) is 0 Å². The van der Waals surface area contributed by atoms with Gasteiger partial charge in [-0.3, -0.25) is 15.0 Å². The largest absolute Gasteiger partial charge is 0.375 e. The van der Waals surface area contributed by atoms with E-state index in [1.807, 2.05) is 11.9 Å². The van der Waals surface area contributed by atoms with E-state index in [1.165, 1.54) is 6.20 Å². The van der Waals surface area contributed by atoms with Crippen LogP contribution in [-0.4, -0.2) is 76.1 Å². The third-order valence-corrected chi connectivity index (χ3v) is 3.41. The number of hydrogen-bond acceptors (Lipinski definition) is 6. The maximum Gasteiger partial charge on any atom is 0.240 e. The molecule has 2 heterocycles. The van der Waals surface area contributed by atoms with Crippen LogP contribution in [-0.2, 0) is 5.60 Å². The van der Waals surface area contributed by atoms with Crippen LogP contribution < -0.4 is 0 Å². The van der Waals surface area contributed by atoms with Gasteiger partial charge in [0.2, 0.25) is 6.54 Å². The number of nitro groups is 1. The van der Waals surface area contributed by atoms with Crippen LogP contribution in [0.15, 0.2) is 12.4 Å². The van der Waals surface area contributed by atoms with Gasteiger partial charge in [0, 0.05) is 50.0 Å². The standard InChI is InChI=1S/C11H19N5O3.2ClH/c1-14-4-6-15(7-5-14)8-11(17,9-16(18)19)10-12-2-3-13-10;;/h2-3,17H,4-9H2,1H3,(H,12,13);2*1H. The number of aliphatic hydroxyl groups is 1. The monoisotopic (exact) mass is 341 g/mol. The van der Waals surface area contributed by atoms with Crippen molar-refractivity contribution in [2.24, 2.45) is 0 Å². The molecular weight excluding hydrogens is 321 g/mol. The zero-order valence-corrected chi connectivity index (χ0v) is 13.4. The summed E-state index contributed by atoms with van der Waals surface area (Å²) in [5.41, 5.74) is -1.57. The summed E-state index contributed by atoms with van der Waals surface area (Å²) in [5.74, 6) is 0.253. The number of β-amino-alcohol motifs (C(OH)–C–C–N with tert-alkyl or cyclic N) is 1. The second kappa shape index (κ2) is 8.50. The lowest BCUT2D eigenvalue weighted by atomic mass is 10.0. The van der Waals surface area contributed by atoms with Gasteiger partial charge in [-0.05, 0) is 7.05 Å². The number of nitrogens with zero attached hydrogens (tertiary/aromatic N) is 4. The maximum atomic E-state index is 10.8. The minimum Gasteiger partial charge on any atom is -0.375 e. The molecule has 0 spiro atoms. The van der Waals surface area contributed by atoms with Gasteiger partial charge in [0.15, 0.2) is 5.60 Å². The Bertz CT molecular complexity index is 426. The van der Waals surface area contributed by atoms with E-state index in [4.69, 9.17) is 0 Å². The van der Waals surface area contributed by atoms with Crippen LogP contribution in [0.25, 0.3) is 0 Å². The van der Waals surface area contributed by atoms with Crippen molar-refractivity contribution in [1.82, 2.24) is 19.8 Å². The molecule has 1 aliphatic heterocycles. The summed E-state index contributed by atoms with van der Waals surface area (Å²) in [7, 11) is 2.03. The highest BCUT2D eigenvalue weighted by molar-refractivity contribution is 5.85. The van der Waals surface area contributed by atoms with Crippen LogP contribution in [0, 0.1) is 10.1 Å². The van der Waals surface area contributed by atoms with E-state index < -0.39 is 17.1 Å². The van der Waals surface area contributed by atoms with E-state index in [0.717, 1.165) is 26.2 Å². The van der Waals surface area contributed by atoms with Gasteiger partial charge in [-0.1, -0.05) is 0 Å². The first kappa shape index (κ1) is 20.1. The Kier molecular flexibility index (Phi) is 8.12. The summed E-state index contributed by atoms with van der Waals surface area (Å²) < 4.78 is 0. The smallest absolute Gasteiger partial charge is 0.240 e. The van der Waals surface area contributed by atoms with Gasteiger partial charge in [0.1, 0.15) is 5.82 Å². The molecule has 21 heavy (non-hydrogen) atoms. The number of piperazine rings is 1. The van der Waals surface area contributed by atoms with Crippen molar-refractivity contribution >= 4 is 24.8 Å². The van der Waals surface area contributed by atoms with Crippen LogP contribution in [0.2, 0.25) is 0 Å². The summed E-state index contributed by atoms with van der Waals surface area (Å²) in [5, 5.41) is 21.4. The Labute approximate surface area is 135 Å². The lowest BCUT2D eigenvalue weighted by Gasteiger charge is -2.36. The molecule has 2 rings (SSSR count). The van der Waals surface area contributed by atoms with E-state index in [0.29, 0.717) is 0 Å². The van der Waals surface area contributed by atoms with Crippen LogP contribution in [0.3, 0.4) is 0 Å². The summed E-state index contributed by atoms with van der Waals surface area (Å²) >= 11 is 0. The number of aromatic amines is 1. The lowest BCUT2D eigenvalue weighted by molar-refractivity contribution is -0.503. The van der Waals surface area contributed by atoms with Gasteiger partial charge in [-0.25, -0.2) is 4.98 Å². The first-order chi connectivity index (χ1) is 8.99. The molecule has 10 heteroatoms. The Morgan fingerprint density at radius 2 is 2.05 bits per heavy atom. The predicted molar refractivity (Wildman–Crippen MR) is 82.8 cm³/mol. The van der Waals surface area contributed by atoms with Crippen molar-refractivity contribution < 1.29 is 10.0 Å². The van der Waals surface area contributed by atoms with Gasteiger partial charge < -0.3 is 15.0 Å². The minimum absolute atomic E-state index is 0. The Morgan fingerprint density at radius 3 is 2.52 bits per heavy atom. The molecule has 0 aliphatic carbocycles. The molecule has 0 saturated carbocycles. The molecule has 8 nitrogen and oxygen atoms in total. The van der Waals surface area contributed by atoms with Crippen LogP contribution >= 0.6 is 24.8 Å². The molecule has 0 radical (unpaired) electrons. The summed E-state index contributed by atoms with van der Waals surface area (Å²) in [4.78, 5) is 21.3. The van der Waals surface area contributed by atoms with Crippen molar-refractivity contribution in [3.8, 4) is 0 Å². The average molecular weight is 342 g/mol. The normalized spacial score (nSPS) is 19.1. The molecular formula is C11H21Cl2N5O3. The number of nitrogens with one attached hydrogen (secondary N) is 1. The first-order valence-corrected chi connectivity index (χ1v) is 6.24. The number of aromatic nitrogens is 2. The third-order valence-electron chi connectivity index (χ3n) is 3.41. The van der Waals surface area contributed by atoms with Gasteiger partial charge in [-0.15, -0.1) is 24.8 Å². The SMILES string of the molecule is CN1CCN(CC(O)(C[N+](=O)[O-])c2ncc[nH]2)CC1.Cl.Cl. The van der Waals surface area contributed by atoms with Crippen LogP contribution in [0.1, 0.15) is 5.82 Å². The van der Waals surface area contributed by atoms with Crippen molar-refractivity contribution in [1.29, 1.82) is 0 Å². The number of rotatable bonds is 5. The van der Waals surface area contributed by atoms with E-state index in [9.17, 15) is 15.2 Å². The van der Waals surface area contributed by atoms with Crippen molar-refractivity contribution in [3.05, 3.63) is 28.3 Å². The highest BCUT2D eigenvalue weighted by Crippen LogP contribution is 2.20. The molecule has 1 aromatic heterocycles. The number of H-pyrrole nitrogens is 1. The van der Waals surface area contributed by atoms with E-state index in [1.54, 1.807) is 6.20 Å². The van der Waals surface area contributed by atoms with Crippen LogP contribution in [0.4, 0.5) is 0 Å². The third kappa shape index (κ3) is 5.40. The molecule has 0 bridgehead atoms. The second-order valence-corrected chi connectivity index (χ2v) is 5.04. The fraction of sp³-hybridized carbons (Fsp3) is 0.727. The molecule has 1 aromatic rings. The molecule has 1 unspecified atom stereocenters. The molecule has 0 amide bonds. The average Bonchev–Trinajstić information content (AvgIpc) is 2.85. The molecule has 1 atom stereocenters.